The van der Waals surface area contributed by atoms with E-state index in [9.17, 15) is 0 Å². The molecule has 1 aromatic rings. The largest absolute Gasteiger partial charge is 0.342 e. The van der Waals surface area contributed by atoms with Crippen molar-refractivity contribution >= 4 is 5.95 Å². The highest BCUT2D eigenvalue weighted by Gasteiger charge is 2.08. The Morgan fingerprint density at radius 2 is 2.07 bits per heavy atom. The second kappa shape index (κ2) is 5.07. The van der Waals surface area contributed by atoms with Gasteiger partial charge in [0.2, 0.25) is 5.95 Å². The highest BCUT2D eigenvalue weighted by Crippen LogP contribution is 2.13. The maximum atomic E-state index is 5.73. The van der Waals surface area contributed by atoms with Crippen LogP contribution in [-0.2, 0) is 0 Å². The zero-order valence-corrected chi connectivity index (χ0v) is 9.94. The van der Waals surface area contributed by atoms with E-state index in [0.29, 0.717) is 5.92 Å². The molecule has 15 heavy (non-hydrogen) atoms. The fourth-order valence-corrected chi connectivity index (χ4v) is 1.38. The van der Waals surface area contributed by atoms with Crippen molar-refractivity contribution in [3.8, 4) is 0 Å². The number of nitrogens with two attached hydrogens (primary N) is 1. The van der Waals surface area contributed by atoms with Gasteiger partial charge in [0.05, 0.1) is 0 Å². The van der Waals surface area contributed by atoms with Crippen molar-refractivity contribution in [3.63, 3.8) is 0 Å². The quantitative estimate of drug-likeness (QED) is 0.812. The first-order valence-electron chi connectivity index (χ1n) is 5.30. The average molecular weight is 208 g/mol. The molecular weight excluding hydrogens is 188 g/mol. The van der Waals surface area contributed by atoms with Gasteiger partial charge in [0.1, 0.15) is 0 Å². The standard InChI is InChI=1S/C11H20N4/c1-8(2)10-5-6-13-11(14-10)15(4)7-9(3)12/h5-6,8-9H,7,12H2,1-4H3. The van der Waals surface area contributed by atoms with Gasteiger partial charge in [0.15, 0.2) is 0 Å². The number of hydrogen-bond donors (Lipinski definition) is 1. The van der Waals surface area contributed by atoms with Crippen LogP contribution in [0.25, 0.3) is 0 Å². The van der Waals surface area contributed by atoms with Crippen molar-refractivity contribution in [2.24, 2.45) is 5.73 Å². The summed E-state index contributed by atoms with van der Waals surface area (Å²) in [5.74, 6) is 1.17. The molecule has 1 aromatic heterocycles. The van der Waals surface area contributed by atoms with Gasteiger partial charge in [0.25, 0.3) is 0 Å². The molecule has 4 nitrogen and oxygen atoms in total. The van der Waals surface area contributed by atoms with Crippen molar-refractivity contribution in [2.45, 2.75) is 32.7 Å². The van der Waals surface area contributed by atoms with Crippen LogP contribution in [0.15, 0.2) is 12.3 Å². The number of aromatic nitrogens is 2. The van der Waals surface area contributed by atoms with Gasteiger partial charge in [-0.05, 0) is 18.9 Å². The first-order chi connectivity index (χ1) is 7.00. The minimum atomic E-state index is 0.126. The first-order valence-corrected chi connectivity index (χ1v) is 5.30. The third kappa shape index (κ3) is 3.47. The van der Waals surface area contributed by atoms with Crippen LogP contribution in [0.5, 0.6) is 0 Å². The molecular formula is C11H20N4. The molecule has 0 bridgehead atoms. The van der Waals surface area contributed by atoms with Crippen LogP contribution in [-0.4, -0.2) is 29.6 Å². The third-order valence-electron chi connectivity index (χ3n) is 2.16. The average Bonchev–Trinajstić information content (AvgIpc) is 2.17. The molecule has 0 aliphatic carbocycles. The fourth-order valence-electron chi connectivity index (χ4n) is 1.38. The van der Waals surface area contributed by atoms with Gasteiger partial charge >= 0.3 is 0 Å². The van der Waals surface area contributed by atoms with E-state index in [-0.39, 0.29) is 6.04 Å². The van der Waals surface area contributed by atoms with Crippen molar-refractivity contribution in [2.75, 3.05) is 18.5 Å². The predicted octanol–water partition coefficient (Wildman–Crippen LogP) is 1.38. The van der Waals surface area contributed by atoms with E-state index in [1.807, 2.05) is 24.9 Å². The Morgan fingerprint density at radius 3 is 2.60 bits per heavy atom. The zero-order valence-electron chi connectivity index (χ0n) is 9.94. The van der Waals surface area contributed by atoms with E-state index < -0.39 is 0 Å². The molecule has 0 saturated heterocycles. The van der Waals surface area contributed by atoms with Gasteiger partial charge in [-0.2, -0.15) is 0 Å². The maximum Gasteiger partial charge on any atom is 0.225 e. The van der Waals surface area contributed by atoms with Gasteiger partial charge < -0.3 is 10.6 Å². The highest BCUT2D eigenvalue weighted by molar-refractivity contribution is 5.29. The Morgan fingerprint density at radius 1 is 1.40 bits per heavy atom. The molecule has 84 valence electrons. The molecule has 1 heterocycles. The lowest BCUT2D eigenvalue weighted by Crippen LogP contribution is -2.33. The molecule has 2 N–H and O–H groups in total. The summed E-state index contributed by atoms with van der Waals surface area (Å²) in [4.78, 5) is 10.7. The second-order valence-corrected chi connectivity index (χ2v) is 4.29. The topological polar surface area (TPSA) is 55.0 Å². The predicted molar refractivity (Wildman–Crippen MR) is 63.0 cm³/mol. The number of anilines is 1. The first kappa shape index (κ1) is 11.9. The van der Waals surface area contributed by atoms with E-state index in [4.69, 9.17) is 5.73 Å². The summed E-state index contributed by atoms with van der Waals surface area (Å²) in [5, 5.41) is 0. The van der Waals surface area contributed by atoms with Gasteiger partial charge in [-0.25, -0.2) is 9.97 Å². The third-order valence-corrected chi connectivity index (χ3v) is 2.16. The van der Waals surface area contributed by atoms with Gasteiger partial charge in [-0.1, -0.05) is 13.8 Å². The van der Waals surface area contributed by atoms with E-state index >= 15 is 0 Å². The van der Waals surface area contributed by atoms with Crippen LogP contribution >= 0.6 is 0 Å². The number of rotatable bonds is 4. The van der Waals surface area contributed by atoms with E-state index in [1.54, 1.807) is 6.20 Å². The second-order valence-electron chi connectivity index (χ2n) is 4.29. The van der Waals surface area contributed by atoms with Gasteiger partial charge in [-0.3, -0.25) is 0 Å². The number of nitrogens with zero attached hydrogens (tertiary/aromatic N) is 3. The summed E-state index contributed by atoms with van der Waals surface area (Å²) in [7, 11) is 1.96. The minimum absolute atomic E-state index is 0.126. The molecule has 1 rings (SSSR count). The Kier molecular flexibility index (Phi) is 4.03. The Bertz CT molecular complexity index is 309. The normalized spacial score (nSPS) is 12.9. The minimum Gasteiger partial charge on any atom is -0.342 e. The highest BCUT2D eigenvalue weighted by atomic mass is 15.2. The van der Waals surface area contributed by atoms with E-state index in [2.05, 4.69) is 23.8 Å². The molecule has 0 fully saturated rings. The zero-order chi connectivity index (χ0) is 11.4. The Hall–Kier alpha value is -1.16. The lowest BCUT2D eigenvalue weighted by molar-refractivity contribution is 0.698. The summed E-state index contributed by atoms with van der Waals surface area (Å²) < 4.78 is 0. The summed E-state index contributed by atoms with van der Waals surface area (Å²) in [6, 6.07) is 2.08. The van der Waals surface area contributed by atoms with E-state index in [1.165, 1.54) is 0 Å². The lowest BCUT2D eigenvalue weighted by Gasteiger charge is -2.19. The van der Waals surface area contributed by atoms with Crippen LogP contribution in [0.3, 0.4) is 0 Å². The van der Waals surface area contributed by atoms with Gasteiger partial charge in [-0.15, -0.1) is 0 Å². The van der Waals surface area contributed by atoms with Crippen molar-refractivity contribution in [1.29, 1.82) is 0 Å². The molecule has 0 aliphatic heterocycles. The molecule has 0 amide bonds. The molecule has 1 atom stereocenters. The van der Waals surface area contributed by atoms with Crippen LogP contribution in [0.2, 0.25) is 0 Å². The molecule has 4 heteroatoms. The molecule has 1 unspecified atom stereocenters. The van der Waals surface area contributed by atoms with Crippen LogP contribution in [0, 0.1) is 0 Å². The molecule has 0 aromatic carbocycles. The molecule has 0 aliphatic rings. The fraction of sp³-hybridized carbons (Fsp3) is 0.636. The summed E-state index contributed by atoms with van der Waals surface area (Å²) in [5.41, 5.74) is 6.80. The van der Waals surface area contributed by atoms with E-state index in [0.717, 1.165) is 18.2 Å². The SMILES string of the molecule is CC(N)CN(C)c1nccc(C(C)C)n1. The van der Waals surface area contributed by atoms with Crippen molar-refractivity contribution in [3.05, 3.63) is 18.0 Å². The van der Waals surface area contributed by atoms with Gasteiger partial charge in [0, 0.05) is 31.5 Å². The van der Waals surface area contributed by atoms with Crippen LogP contribution in [0.4, 0.5) is 5.95 Å². The van der Waals surface area contributed by atoms with Crippen LogP contribution in [0.1, 0.15) is 32.4 Å². The smallest absolute Gasteiger partial charge is 0.225 e. The summed E-state index contributed by atoms with van der Waals surface area (Å²) >= 11 is 0. The van der Waals surface area contributed by atoms with Crippen LogP contribution < -0.4 is 10.6 Å². The van der Waals surface area contributed by atoms with Crippen molar-refractivity contribution in [1.82, 2.24) is 9.97 Å². The Labute approximate surface area is 91.5 Å². The molecule has 0 radical (unpaired) electrons. The maximum absolute atomic E-state index is 5.73. The number of hydrogen-bond acceptors (Lipinski definition) is 4. The summed E-state index contributed by atoms with van der Waals surface area (Å²) in [6.45, 7) is 6.99. The van der Waals surface area contributed by atoms with Crippen molar-refractivity contribution < 1.29 is 0 Å². The monoisotopic (exact) mass is 208 g/mol. The number of likely N-dealkylation sites (N-methyl/N-ethyl adjacent to an activating group) is 1. The Balaban J connectivity index is 2.80. The molecule has 0 spiro atoms. The lowest BCUT2D eigenvalue weighted by atomic mass is 10.1. The summed E-state index contributed by atoms with van der Waals surface area (Å²) in [6.07, 6.45) is 1.80. The molecule has 0 saturated carbocycles.